The molecule has 2 N–H and O–H groups in total. The molecule has 0 fully saturated rings. The number of anilines is 1. The van der Waals surface area contributed by atoms with Gasteiger partial charge >= 0.3 is 0 Å². The Bertz CT molecular complexity index is 1120. The van der Waals surface area contributed by atoms with Crippen molar-refractivity contribution in [3.05, 3.63) is 81.7 Å². The number of halogens is 1. The Kier molecular flexibility index (Phi) is 5.36. The molecule has 0 unspecified atom stereocenters. The molecule has 28 heavy (non-hydrogen) atoms. The number of aromatic amines is 1. The van der Waals surface area contributed by atoms with Crippen LogP contribution < -0.4 is 10.9 Å². The van der Waals surface area contributed by atoms with Crippen molar-refractivity contribution >= 4 is 28.6 Å². The van der Waals surface area contributed by atoms with E-state index in [0.717, 1.165) is 11.3 Å². The van der Waals surface area contributed by atoms with Gasteiger partial charge in [0.2, 0.25) is 5.95 Å². The third-order valence-corrected chi connectivity index (χ3v) is 4.41. The van der Waals surface area contributed by atoms with Crippen molar-refractivity contribution in [3.8, 4) is 5.69 Å². The van der Waals surface area contributed by atoms with Crippen molar-refractivity contribution in [1.82, 2.24) is 19.7 Å². The highest BCUT2D eigenvalue weighted by Gasteiger charge is 2.11. The van der Waals surface area contributed by atoms with Crippen LogP contribution >= 0.6 is 11.6 Å². The monoisotopic (exact) mass is 395 g/mol. The molecule has 4 aromatic rings. The number of nitrogens with zero attached hydrogens (tertiary/aromatic N) is 3. The molecule has 0 atom stereocenters. The summed E-state index contributed by atoms with van der Waals surface area (Å²) in [6, 6.07) is 17.1. The largest absolute Gasteiger partial charge is 0.375 e. The van der Waals surface area contributed by atoms with E-state index in [9.17, 15) is 4.79 Å². The number of para-hydroxylation sites is 1. The van der Waals surface area contributed by atoms with Crippen molar-refractivity contribution in [2.75, 3.05) is 18.5 Å². The van der Waals surface area contributed by atoms with Crippen LogP contribution in [0.1, 0.15) is 5.56 Å². The summed E-state index contributed by atoms with van der Waals surface area (Å²) in [6.07, 6.45) is 1.52. The van der Waals surface area contributed by atoms with Crippen LogP contribution in [-0.4, -0.2) is 32.9 Å². The molecule has 0 bridgehead atoms. The quantitative estimate of drug-likeness (QED) is 0.468. The van der Waals surface area contributed by atoms with E-state index < -0.39 is 0 Å². The Morgan fingerprint density at radius 3 is 2.68 bits per heavy atom. The van der Waals surface area contributed by atoms with E-state index in [1.807, 2.05) is 54.6 Å². The van der Waals surface area contributed by atoms with Gasteiger partial charge in [0.15, 0.2) is 5.65 Å². The molecule has 0 spiro atoms. The van der Waals surface area contributed by atoms with Gasteiger partial charge in [-0.2, -0.15) is 10.1 Å². The molecule has 0 aliphatic heterocycles. The molecule has 8 heteroatoms. The third kappa shape index (κ3) is 4.05. The van der Waals surface area contributed by atoms with Crippen LogP contribution in [0.4, 0.5) is 5.95 Å². The van der Waals surface area contributed by atoms with Crippen LogP contribution in [0.5, 0.6) is 0 Å². The second-order valence-corrected chi connectivity index (χ2v) is 6.59. The van der Waals surface area contributed by atoms with Gasteiger partial charge in [0, 0.05) is 11.6 Å². The lowest BCUT2D eigenvalue weighted by Gasteiger charge is -2.08. The standard InChI is InChI=1S/C20H18ClN5O2/c21-15-8-6-14(7-9-15)13-28-11-10-22-20-24-18-17(19(27)25-20)12-23-26(18)16-4-2-1-3-5-16/h1-9,12H,10-11,13H2,(H2,22,24,25,27). The number of fused-ring (bicyclic) bond motifs is 1. The molecule has 0 aliphatic rings. The highest BCUT2D eigenvalue weighted by molar-refractivity contribution is 6.30. The van der Waals surface area contributed by atoms with Crippen molar-refractivity contribution in [1.29, 1.82) is 0 Å². The highest BCUT2D eigenvalue weighted by atomic mass is 35.5. The number of hydrogen-bond donors (Lipinski definition) is 2. The van der Waals surface area contributed by atoms with E-state index in [0.29, 0.717) is 41.8 Å². The summed E-state index contributed by atoms with van der Waals surface area (Å²) in [5.74, 6) is 0.380. The number of benzene rings is 2. The van der Waals surface area contributed by atoms with Gasteiger partial charge in [0.05, 0.1) is 25.1 Å². The highest BCUT2D eigenvalue weighted by Crippen LogP contribution is 2.14. The summed E-state index contributed by atoms with van der Waals surface area (Å²) >= 11 is 5.87. The summed E-state index contributed by atoms with van der Waals surface area (Å²) in [7, 11) is 0. The fourth-order valence-electron chi connectivity index (χ4n) is 2.77. The minimum absolute atomic E-state index is 0.239. The molecule has 2 heterocycles. The number of nitrogens with one attached hydrogen (secondary N) is 2. The van der Waals surface area contributed by atoms with Gasteiger partial charge in [0.25, 0.3) is 5.56 Å². The zero-order valence-corrected chi connectivity index (χ0v) is 15.7. The van der Waals surface area contributed by atoms with Crippen molar-refractivity contribution < 1.29 is 4.74 Å². The van der Waals surface area contributed by atoms with Gasteiger partial charge in [-0.05, 0) is 29.8 Å². The molecule has 4 rings (SSSR count). The van der Waals surface area contributed by atoms with Gasteiger partial charge in [-0.3, -0.25) is 9.78 Å². The molecule has 0 aliphatic carbocycles. The Labute approximate surface area is 165 Å². The molecular formula is C20H18ClN5O2. The predicted molar refractivity (Wildman–Crippen MR) is 109 cm³/mol. The average molecular weight is 396 g/mol. The van der Waals surface area contributed by atoms with E-state index in [4.69, 9.17) is 16.3 Å². The molecule has 0 radical (unpaired) electrons. The lowest BCUT2D eigenvalue weighted by Crippen LogP contribution is -2.16. The normalized spacial score (nSPS) is 11.0. The summed E-state index contributed by atoms with van der Waals surface area (Å²) in [6.45, 7) is 1.45. The minimum atomic E-state index is -0.239. The topological polar surface area (TPSA) is 84.8 Å². The predicted octanol–water partition coefficient (Wildman–Crippen LogP) is 3.39. The molecule has 0 saturated carbocycles. The first-order valence-electron chi connectivity index (χ1n) is 8.80. The molecule has 142 valence electrons. The molecule has 0 saturated heterocycles. The van der Waals surface area contributed by atoms with E-state index in [1.54, 1.807) is 4.68 Å². The second kappa shape index (κ2) is 8.24. The van der Waals surface area contributed by atoms with Crippen LogP contribution in [0.15, 0.2) is 65.6 Å². The Hall–Kier alpha value is -3.16. The summed E-state index contributed by atoms with van der Waals surface area (Å²) in [4.78, 5) is 19.5. The Morgan fingerprint density at radius 2 is 1.89 bits per heavy atom. The molecule has 0 amide bonds. The summed E-state index contributed by atoms with van der Waals surface area (Å²) < 4.78 is 7.28. The lowest BCUT2D eigenvalue weighted by molar-refractivity contribution is 0.130. The number of rotatable bonds is 7. The molecule has 2 aromatic heterocycles. The van der Waals surface area contributed by atoms with E-state index in [2.05, 4.69) is 20.4 Å². The molecule has 7 nitrogen and oxygen atoms in total. The zero-order valence-electron chi connectivity index (χ0n) is 14.9. The Morgan fingerprint density at radius 1 is 1.11 bits per heavy atom. The number of aromatic nitrogens is 4. The van der Waals surface area contributed by atoms with E-state index in [1.165, 1.54) is 6.20 Å². The first-order chi connectivity index (χ1) is 13.7. The van der Waals surface area contributed by atoms with Crippen molar-refractivity contribution in [2.24, 2.45) is 0 Å². The maximum atomic E-state index is 12.3. The van der Waals surface area contributed by atoms with Crippen LogP contribution in [0.25, 0.3) is 16.7 Å². The first-order valence-corrected chi connectivity index (χ1v) is 9.18. The van der Waals surface area contributed by atoms with Crippen molar-refractivity contribution in [3.63, 3.8) is 0 Å². The summed E-state index contributed by atoms with van der Waals surface area (Å²) in [5.41, 5.74) is 2.15. The maximum Gasteiger partial charge on any atom is 0.263 e. The second-order valence-electron chi connectivity index (χ2n) is 6.15. The van der Waals surface area contributed by atoms with E-state index in [-0.39, 0.29) is 5.56 Å². The van der Waals surface area contributed by atoms with E-state index >= 15 is 0 Å². The lowest BCUT2D eigenvalue weighted by atomic mass is 10.2. The fraction of sp³-hybridized carbons (Fsp3) is 0.150. The van der Waals surface area contributed by atoms with Gasteiger partial charge in [-0.15, -0.1) is 0 Å². The van der Waals surface area contributed by atoms with Crippen LogP contribution in [-0.2, 0) is 11.3 Å². The van der Waals surface area contributed by atoms with Gasteiger partial charge in [0.1, 0.15) is 5.39 Å². The molecular weight excluding hydrogens is 378 g/mol. The number of H-pyrrole nitrogens is 1. The first kappa shape index (κ1) is 18.2. The zero-order chi connectivity index (χ0) is 19.3. The third-order valence-electron chi connectivity index (χ3n) is 4.16. The number of ether oxygens (including phenoxy) is 1. The SMILES string of the molecule is O=c1[nH]c(NCCOCc2ccc(Cl)cc2)nc2c1cnn2-c1ccccc1. The number of hydrogen-bond acceptors (Lipinski definition) is 5. The van der Waals surface area contributed by atoms with Gasteiger partial charge in [-0.1, -0.05) is 41.9 Å². The summed E-state index contributed by atoms with van der Waals surface area (Å²) in [5, 5.41) is 8.51. The van der Waals surface area contributed by atoms with Crippen LogP contribution in [0.2, 0.25) is 5.02 Å². The average Bonchev–Trinajstić information content (AvgIpc) is 3.14. The Balaban J connectivity index is 1.41. The fourth-order valence-corrected chi connectivity index (χ4v) is 2.90. The van der Waals surface area contributed by atoms with Gasteiger partial charge in [-0.25, -0.2) is 4.68 Å². The smallest absolute Gasteiger partial charge is 0.263 e. The van der Waals surface area contributed by atoms with Gasteiger partial charge < -0.3 is 10.1 Å². The maximum absolute atomic E-state index is 12.3. The van der Waals surface area contributed by atoms with Crippen LogP contribution in [0, 0.1) is 0 Å². The van der Waals surface area contributed by atoms with Crippen molar-refractivity contribution in [2.45, 2.75) is 6.61 Å². The molecule has 2 aromatic carbocycles. The van der Waals surface area contributed by atoms with Crippen LogP contribution in [0.3, 0.4) is 0 Å². The minimum Gasteiger partial charge on any atom is -0.375 e.